The summed E-state index contributed by atoms with van der Waals surface area (Å²) in [4.78, 5) is 11.3. The van der Waals surface area contributed by atoms with Crippen molar-refractivity contribution in [1.82, 2.24) is 4.67 Å². The summed E-state index contributed by atoms with van der Waals surface area (Å²) in [5, 5.41) is 0. The highest BCUT2D eigenvalue weighted by Crippen LogP contribution is 2.52. The molecule has 0 aromatic heterocycles. The Kier molecular flexibility index (Phi) is 6.45. The highest BCUT2D eigenvalue weighted by molar-refractivity contribution is 7.51. The third-order valence-corrected chi connectivity index (χ3v) is 3.68. The molecule has 0 bridgehead atoms. The van der Waals surface area contributed by atoms with Gasteiger partial charge in [0, 0.05) is 0 Å². The lowest BCUT2D eigenvalue weighted by Crippen LogP contribution is -2.18. The molecule has 100 valence electrons. The summed E-state index contributed by atoms with van der Waals surface area (Å²) in [5.74, 6) is -1.08. The third kappa shape index (κ3) is 5.35. The van der Waals surface area contributed by atoms with E-state index in [4.69, 9.17) is 9.05 Å². The molecule has 0 saturated carbocycles. The van der Waals surface area contributed by atoms with Crippen molar-refractivity contribution in [1.29, 1.82) is 0 Å². The standard InChI is InChI=1S/C10H20NO5P/c1-7-14-10(12)9(4)16-17(13,11(5)6)15-8(2)3/h8H,4,7H2,1-3,5-6H3. The van der Waals surface area contributed by atoms with E-state index in [-0.39, 0.29) is 18.5 Å². The monoisotopic (exact) mass is 265 g/mol. The molecule has 0 aromatic rings. The van der Waals surface area contributed by atoms with Crippen LogP contribution in [0.3, 0.4) is 0 Å². The molecular formula is C10H20NO5P. The summed E-state index contributed by atoms with van der Waals surface area (Å²) < 4.78 is 28.4. The summed E-state index contributed by atoms with van der Waals surface area (Å²) in [6, 6.07) is 0. The predicted octanol–water partition coefficient (Wildman–Crippen LogP) is 2.17. The SMILES string of the molecule is C=C(OP(=O)(OC(C)C)N(C)C)C(=O)OCC. The zero-order chi connectivity index (χ0) is 13.6. The number of hydrogen-bond donors (Lipinski definition) is 0. The molecule has 0 amide bonds. The summed E-state index contributed by atoms with van der Waals surface area (Å²) in [6.45, 7) is 8.65. The highest BCUT2D eigenvalue weighted by Gasteiger charge is 2.33. The first-order valence-corrected chi connectivity index (χ1v) is 6.74. The molecule has 0 rings (SSSR count). The summed E-state index contributed by atoms with van der Waals surface area (Å²) in [6.07, 6.45) is -0.307. The first-order valence-electron chi connectivity index (χ1n) is 5.24. The van der Waals surface area contributed by atoms with E-state index in [1.807, 2.05) is 0 Å². The fourth-order valence-electron chi connectivity index (χ4n) is 0.852. The number of carbonyl (C=O) groups is 1. The van der Waals surface area contributed by atoms with E-state index >= 15 is 0 Å². The second-order valence-corrected chi connectivity index (χ2v) is 5.84. The van der Waals surface area contributed by atoms with Gasteiger partial charge in [0.2, 0.25) is 5.76 Å². The van der Waals surface area contributed by atoms with Crippen molar-refractivity contribution in [2.45, 2.75) is 26.9 Å². The number of carbonyl (C=O) groups excluding carboxylic acids is 1. The minimum absolute atomic E-state index is 0.193. The third-order valence-electron chi connectivity index (χ3n) is 1.56. The number of ether oxygens (including phenoxy) is 1. The lowest BCUT2D eigenvalue weighted by atomic mass is 10.5. The van der Waals surface area contributed by atoms with Crippen LogP contribution in [0, 0.1) is 0 Å². The van der Waals surface area contributed by atoms with Gasteiger partial charge in [-0.05, 0) is 41.4 Å². The molecule has 0 radical (unpaired) electrons. The molecule has 0 heterocycles. The molecular weight excluding hydrogens is 245 g/mol. The fraction of sp³-hybridized carbons (Fsp3) is 0.700. The molecule has 0 aromatic carbocycles. The largest absolute Gasteiger partial charge is 0.461 e. The molecule has 0 spiro atoms. The summed E-state index contributed by atoms with van der Waals surface area (Å²) in [5.41, 5.74) is 0. The molecule has 0 saturated heterocycles. The van der Waals surface area contributed by atoms with Crippen LogP contribution in [-0.4, -0.2) is 37.4 Å². The topological polar surface area (TPSA) is 65.1 Å². The number of nitrogens with zero attached hydrogens (tertiary/aromatic N) is 1. The van der Waals surface area contributed by atoms with Gasteiger partial charge in [0.05, 0.1) is 12.7 Å². The average molecular weight is 265 g/mol. The molecule has 1 unspecified atom stereocenters. The van der Waals surface area contributed by atoms with Crippen LogP contribution < -0.4 is 0 Å². The average Bonchev–Trinajstić information content (AvgIpc) is 2.16. The van der Waals surface area contributed by atoms with Crippen molar-refractivity contribution in [3.05, 3.63) is 12.3 Å². The Morgan fingerprint density at radius 1 is 1.41 bits per heavy atom. The van der Waals surface area contributed by atoms with Crippen LogP contribution in [0.1, 0.15) is 20.8 Å². The lowest BCUT2D eigenvalue weighted by molar-refractivity contribution is -0.141. The Morgan fingerprint density at radius 3 is 2.29 bits per heavy atom. The number of esters is 1. The van der Waals surface area contributed by atoms with E-state index in [2.05, 4.69) is 11.3 Å². The Hall–Kier alpha value is -0.840. The van der Waals surface area contributed by atoms with E-state index in [0.29, 0.717) is 0 Å². The maximum atomic E-state index is 12.3. The number of hydrogen-bond acceptors (Lipinski definition) is 5. The first kappa shape index (κ1) is 16.2. The Morgan fingerprint density at radius 2 is 1.94 bits per heavy atom. The van der Waals surface area contributed by atoms with Crippen molar-refractivity contribution >= 4 is 13.7 Å². The van der Waals surface area contributed by atoms with Crippen molar-refractivity contribution in [2.24, 2.45) is 0 Å². The molecule has 6 nitrogen and oxygen atoms in total. The minimum atomic E-state index is -3.55. The summed E-state index contributed by atoms with van der Waals surface area (Å²) >= 11 is 0. The quantitative estimate of drug-likeness (QED) is 0.304. The zero-order valence-corrected chi connectivity index (χ0v) is 11.8. The minimum Gasteiger partial charge on any atom is -0.460 e. The second kappa shape index (κ2) is 6.79. The van der Waals surface area contributed by atoms with E-state index in [1.54, 1.807) is 20.8 Å². The van der Waals surface area contributed by atoms with Crippen LogP contribution in [0.4, 0.5) is 0 Å². The molecule has 0 aliphatic heterocycles. The highest BCUT2D eigenvalue weighted by atomic mass is 31.2. The predicted molar refractivity (Wildman–Crippen MR) is 64.4 cm³/mol. The van der Waals surface area contributed by atoms with Crippen LogP contribution >= 0.6 is 7.75 Å². The van der Waals surface area contributed by atoms with Crippen LogP contribution in [-0.2, 0) is 23.1 Å². The van der Waals surface area contributed by atoms with Gasteiger partial charge in [0.1, 0.15) is 0 Å². The zero-order valence-electron chi connectivity index (χ0n) is 10.9. The first-order chi connectivity index (χ1) is 7.73. The second-order valence-electron chi connectivity index (χ2n) is 3.70. The van der Waals surface area contributed by atoms with E-state index < -0.39 is 13.7 Å². The van der Waals surface area contributed by atoms with Crippen LogP contribution in [0.25, 0.3) is 0 Å². The van der Waals surface area contributed by atoms with Gasteiger partial charge in [0.25, 0.3) is 0 Å². The van der Waals surface area contributed by atoms with Gasteiger partial charge in [-0.3, -0.25) is 4.52 Å². The maximum Gasteiger partial charge on any atom is 0.461 e. The molecule has 0 fully saturated rings. The van der Waals surface area contributed by atoms with Crippen LogP contribution in [0.5, 0.6) is 0 Å². The van der Waals surface area contributed by atoms with Crippen LogP contribution in [0.2, 0.25) is 0 Å². The van der Waals surface area contributed by atoms with Gasteiger partial charge >= 0.3 is 13.7 Å². The van der Waals surface area contributed by atoms with E-state index in [0.717, 1.165) is 0 Å². The summed E-state index contributed by atoms with van der Waals surface area (Å²) in [7, 11) is -0.489. The number of rotatable bonds is 7. The lowest BCUT2D eigenvalue weighted by Gasteiger charge is -2.25. The molecule has 17 heavy (non-hydrogen) atoms. The molecule has 7 heteroatoms. The van der Waals surface area contributed by atoms with Gasteiger partial charge in [-0.2, -0.15) is 0 Å². The van der Waals surface area contributed by atoms with Gasteiger partial charge < -0.3 is 9.26 Å². The van der Waals surface area contributed by atoms with Gasteiger partial charge in [-0.1, -0.05) is 0 Å². The van der Waals surface area contributed by atoms with Crippen molar-refractivity contribution < 1.29 is 23.1 Å². The van der Waals surface area contributed by atoms with Gasteiger partial charge in [0.15, 0.2) is 0 Å². The molecule has 0 aliphatic carbocycles. The molecule has 0 N–H and O–H groups in total. The van der Waals surface area contributed by atoms with E-state index in [1.165, 1.54) is 18.8 Å². The van der Waals surface area contributed by atoms with Gasteiger partial charge in [-0.15, -0.1) is 0 Å². The smallest absolute Gasteiger partial charge is 0.460 e. The van der Waals surface area contributed by atoms with Gasteiger partial charge in [-0.25, -0.2) is 14.0 Å². The molecule has 1 atom stereocenters. The fourth-order valence-corrected chi connectivity index (χ4v) is 2.13. The van der Waals surface area contributed by atoms with Crippen LogP contribution in [0.15, 0.2) is 12.3 Å². The van der Waals surface area contributed by atoms with E-state index in [9.17, 15) is 9.36 Å². The Bertz CT molecular complexity index is 327. The van der Waals surface area contributed by atoms with Crippen molar-refractivity contribution in [3.8, 4) is 0 Å². The molecule has 0 aliphatic rings. The Labute approximate surface area is 102 Å². The normalized spacial score (nSPS) is 14.5. The maximum absolute atomic E-state index is 12.3. The van der Waals surface area contributed by atoms with Crippen molar-refractivity contribution in [2.75, 3.05) is 20.7 Å². The Balaban J connectivity index is 4.72. The van der Waals surface area contributed by atoms with Crippen molar-refractivity contribution in [3.63, 3.8) is 0 Å².